The molecule has 1 unspecified atom stereocenters. The molecule has 1 aromatic rings. The Morgan fingerprint density at radius 2 is 2.31 bits per heavy atom. The number of likely N-dealkylation sites (N-methyl/N-ethyl adjacent to an activating group) is 1. The molecule has 0 spiro atoms. The number of halogens is 1. The molecule has 0 bridgehead atoms. The number of carbonyl (C=O) groups is 1. The summed E-state index contributed by atoms with van der Waals surface area (Å²) in [4.78, 5) is 10.7. The van der Waals surface area contributed by atoms with E-state index in [-0.39, 0.29) is 12.4 Å². The number of benzene rings is 1. The standard InChI is InChI=1S/C11H14FNO3/c1-7-5-8(12)3-4-10(7)16-6-9(13-2)11(14)15/h3-5,9,13H,6H2,1-2H3,(H,14,15). The van der Waals surface area contributed by atoms with Crippen molar-refractivity contribution in [2.45, 2.75) is 13.0 Å². The van der Waals surface area contributed by atoms with Gasteiger partial charge in [0.05, 0.1) is 0 Å². The molecular formula is C11H14FNO3. The molecular weight excluding hydrogens is 213 g/mol. The summed E-state index contributed by atoms with van der Waals surface area (Å²) in [5.41, 5.74) is 0.639. The maximum absolute atomic E-state index is 12.8. The van der Waals surface area contributed by atoms with Gasteiger partial charge in [-0.1, -0.05) is 0 Å². The van der Waals surface area contributed by atoms with Gasteiger partial charge in [0, 0.05) is 0 Å². The van der Waals surface area contributed by atoms with E-state index in [1.165, 1.54) is 18.2 Å². The maximum atomic E-state index is 12.8. The first kappa shape index (κ1) is 12.4. The molecule has 2 N–H and O–H groups in total. The van der Waals surface area contributed by atoms with Crippen molar-refractivity contribution >= 4 is 5.97 Å². The van der Waals surface area contributed by atoms with Crippen LogP contribution in [0.15, 0.2) is 18.2 Å². The molecule has 0 fully saturated rings. The van der Waals surface area contributed by atoms with Crippen molar-refractivity contribution in [3.05, 3.63) is 29.6 Å². The molecule has 0 aromatic heterocycles. The average molecular weight is 227 g/mol. The number of nitrogens with one attached hydrogen (secondary N) is 1. The highest BCUT2D eigenvalue weighted by Gasteiger charge is 2.15. The lowest BCUT2D eigenvalue weighted by atomic mass is 10.2. The summed E-state index contributed by atoms with van der Waals surface area (Å²) < 4.78 is 18.1. The van der Waals surface area contributed by atoms with E-state index in [4.69, 9.17) is 9.84 Å². The summed E-state index contributed by atoms with van der Waals surface area (Å²) in [6, 6.07) is 3.32. The maximum Gasteiger partial charge on any atom is 0.324 e. The Labute approximate surface area is 93.0 Å². The Kier molecular flexibility index (Phi) is 4.25. The minimum absolute atomic E-state index is 0.00168. The van der Waals surface area contributed by atoms with Gasteiger partial charge >= 0.3 is 5.97 Å². The molecule has 0 aliphatic heterocycles. The third kappa shape index (κ3) is 3.20. The third-order valence-electron chi connectivity index (χ3n) is 2.19. The van der Waals surface area contributed by atoms with E-state index in [1.807, 2.05) is 0 Å². The first-order chi connectivity index (χ1) is 7.54. The monoisotopic (exact) mass is 227 g/mol. The van der Waals surface area contributed by atoms with Crippen LogP contribution in [0.4, 0.5) is 4.39 Å². The Bertz CT molecular complexity index is 381. The summed E-state index contributed by atoms with van der Waals surface area (Å²) in [6.45, 7) is 1.70. The topological polar surface area (TPSA) is 58.6 Å². The Hall–Kier alpha value is -1.62. The van der Waals surface area contributed by atoms with Crippen LogP contribution in [-0.4, -0.2) is 30.8 Å². The largest absolute Gasteiger partial charge is 0.491 e. The molecule has 1 aromatic carbocycles. The second-order valence-electron chi connectivity index (χ2n) is 3.40. The molecule has 16 heavy (non-hydrogen) atoms. The average Bonchev–Trinajstić information content (AvgIpc) is 2.21. The summed E-state index contributed by atoms with van der Waals surface area (Å²) >= 11 is 0. The number of aryl methyl sites for hydroxylation is 1. The smallest absolute Gasteiger partial charge is 0.324 e. The lowest BCUT2D eigenvalue weighted by Gasteiger charge is -2.14. The molecule has 0 heterocycles. The summed E-state index contributed by atoms with van der Waals surface area (Å²) in [6.07, 6.45) is 0. The van der Waals surface area contributed by atoms with Crippen molar-refractivity contribution in [3.8, 4) is 5.75 Å². The Morgan fingerprint density at radius 3 is 2.81 bits per heavy atom. The van der Waals surface area contributed by atoms with E-state index in [0.717, 1.165) is 0 Å². The number of rotatable bonds is 5. The highest BCUT2D eigenvalue weighted by Crippen LogP contribution is 2.18. The zero-order chi connectivity index (χ0) is 12.1. The molecule has 4 nitrogen and oxygen atoms in total. The van der Waals surface area contributed by atoms with Gasteiger partial charge in [-0.15, -0.1) is 0 Å². The van der Waals surface area contributed by atoms with Crippen LogP contribution in [-0.2, 0) is 4.79 Å². The molecule has 0 amide bonds. The quantitative estimate of drug-likeness (QED) is 0.793. The Morgan fingerprint density at radius 1 is 1.62 bits per heavy atom. The van der Waals surface area contributed by atoms with Gasteiger partial charge in [-0.3, -0.25) is 4.79 Å². The lowest BCUT2D eigenvalue weighted by Crippen LogP contribution is -2.39. The highest BCUT2D eigenvalue weighted by molar-refractivity contribution is 5.73. The molecule has 1 atom stereocenters. The van der Waals surface area contributed by atoms with Crippen LogP contribution in [0.1, 0.15) is 5.56 Å². The predicted molar refractivity (Wildman–Crippen MR) is 57.1 cm³/mol. The van der Waals surface area contributed by atoms with E-state index in [0.29, 0.717) is 11.3 Å². The molecule has 88 valence electrons. The second-order valence-corrected chi connectivity index (χ2v) is 3.40. The van der Waals surface area contributed by atoms with Crippen LogP contribution in [0.25, 0.3) is 0 Å². The summed E-state index contributed by atoms with van der Waals surface area (Å²) in [7, 11) is 1.54. The van der Waals surface area contributed by atoms with Crippen molar-refractivity contribution in [3.63, 3.8) is 0 Å². The molecule has 0 saturated heterocycles. The van der Waals surface area contributed by atoms with E-state index in [9.17, 15) is 9.18 Å². The van der Waals surface area contributed by atoms with E-state index in [2.05, 4.69) is 5.32 Å². The predicted octanol–water partition coefficient (Wildman–Crippen LogP) is 1.19. The van der Waals surface area contributed by atoms with E-state index >= 15 is 0 Å². The van der Waals surface area contributed by atoms with Crippen LogP contribution in [0.2, 0.25) is 0 Å². The number of carboxylic acid groups (broad SMARTS) is 1. The number of hydrogen-bond donors (Lipinski definition) is 2. The number of carboxylic acids is 1. The van der Waals surface area contributed by atoms with Gasteiger partial charge in [0.25, 0.3) is 0 Å². The first-order valence-corrected chi connectivity index (χ1v) is 4.83. The van der Waals surface area contributed by atoms with Gasteiger partial charge < -0.3 is 15.2 Å². The highest BCUT2D eigenvalue weighted by atomic mass is 19.1. The third-order valence-corrected chi connectivity index (χ3v) is 2.19. The number of hydrogen-bond acceptors (Lipinski definition) is 3. The summed E-state index contributed by atoms with van der Waals surface area (Å²) in [5, 5.41) is 11.4. The fourth-order valence-corrected chi connectivity index (χ4v) is 1.23. The molecule has 0 saturated carbocycles. The van der Waals surface area contributed by atoms with Gasteiger partial charge in [-0.2, -0.15) is 0 Å². The summed E-state index contributed by atoms with van der Waals surface area (Å²) in [5.74, 6) is -0.835. The van der Waals surface area contributed by atoms with Gasteiger partial charge in [-0.25, -0.2) is 4.39 Å². The zero-order valence-electron chi connectivity index (χ0n) is 9.16. The van der Waals surface area contributed by atoms with Crippen LogP contribution in [0.3, 0.4) is 0 Å². The molecule has 0 aliphatic carbocycles. The number of aliphatic carboxylic acids is 1. The fourth-order valence-electron chi connectivity index (χ4n) is 1.23. The second kappa shape index (κ2) is 5.46. The number of ether oxygens (including phenoxy) is 1. The van der Waals surface area contributed by atoms with Crippen LogP contribution in [0, 0.1) is 12.7 Å². The van der Waals surface area contributed by atoms with Crippen LogP contribution >= 0.6 is 0 Å². The van der Waals surface area contributed by atoms with Gasteiger partial charge in [0.2, 0.25) is 0 Å². The Balaban J connectivity index is 2.63. The van der Waals surface area contributed by atoms with Gasteiger partial charge in [0.15, 0.2) is 0 Å². The van der Waals surface area contributed by atoms with Crippen molar-refractivity contribution in [2.75, 3.05) is 13.7 Å². The van der Waals surface area contributed by atoms with E-state index in [1.54, 1.807) is 14.0 Å². The van der Waals surface area contributed by atoms with E-state index < -0.39 is 12.0 Å². The van der Waals surface area contributed by atoms with Crippen LogP contribution in [0.5, 0.6) is 5.75 Å². The lowest BCUT2D eigenvalue weighted by molar-refractivity contribution is -0.140. The molecule has 0 radical (unpaired) electrons. The minimum atomic E-state index is -0.984. The van der Waals surface area contributed by atoms with Crippen molar-refractivity contribution in [2.24, 2.45) is 0 Å². The fraction of sp³-hybridized carbons (Fsp3) is 0.364. The molecule has 1 rings (SSSR count). The normalized spacial score (nSPS) is 12.2. The van der Waals surface area contributed by atoms with Gasteiger partial charge in [0.1, 0.15) is 24.2 Å². The van der Waals surface area contributed by atoms with Crippen LogP contribution < -0.4 is 10.1 Å². The zero-order valence-corrected chi connectivity index (χ0v) is 9.16. The van der Waals surface area contributed by atoms with Crippen molar-refractivity contribution in [1.82, 2.24) is 5.32 Å². The minimum Gasteiger partial charge on any atom is -0.491 e. The molecule has 0 aliphatic rings. The first-order valence-electron chi connectivity index (χ1n) is 4.83. The van der Waals surface area contributed by atoms with Gasteiger partial charge in [-0.05, 0) is 37.7 Å². The van der Waals surface area contributed by atoms with Crippen molar-refractivity contribution < 1.29 is 19.0 Å². The van der Waals surface area contributed by atoms with Crippen molar-refractivity contribution in [1.29, 1.82) is 0 Å². The SMILES string of the molecule is CNC(COc1ccc(F)cc1C)C(=O)O. The molecule has 5 heteroatoms.